The Labute approximate surface area is 154 Å². The molecular weight excluding hydrogens is 338 g/mol. The third-order valence-corrected chi connectivity index (χ3v) is 4.74. The van der Waals surface area contributed by atoms with Crippen LogP contribution in [-0.4, -0.2) is 24.5 Å². The van der Waals surface area contributed by atoms with Crippen LogP contribution < -0.4 is 5.56 Å². The smallest absolute Gasteiger partial charge is 0.276 e. The van der Waals surface area contributed by atoms with E-state index in [0.29, 0.717) is 11.4 Å². The van der Waals surface area contributed by atoms with Gasteiger partial charge in [0.2, 0.25) is 0 Å². The molecule has 27 heavy (non-hydrogen) atoms. The zero-order valence-electron chi connectivity index (χ0n) is 14.6. The van der Waals surface area contributed by atoms with Crippen LogP contribution >= 0.6 is 0 Å². The van der Waals surface area contributed by atoms with Gasteiger partial charge in [-0.3, -0.25) is 9.78 Å². The third-order valence-electron chi connectivity index (χ3n) is 4.74. The molecule has 0 aliphatic carbocycles. The maximum Gasteiger partial charge on any atom is 0.276 e. The predicted molar refractivity (Wildman–Crippen MR) is 105 cm³/mol. The van der Waals surface area contributed by atoms with Gasteiger partial charge in [0.1, 0.15) is 11.4 Å². The minimum Gasteiger partial charge on any atom is -0.309 e. The van der Waals surface area contributed by atoms with E-state index in [0.717, 1.165) is 27.4 Å². The monoisotopic (exact) mass is 353 g/mol. The van der Waals surface area contributed by atoms with E-state index in [4.69, 9.17) is 0 Å². The Morgan fingerprint density at radius 3 is 2.59 bits per heavy atom. The van der Waals surface area contributed by atoms with Crippen molar-refractivity contribution in [1.29, 1.82) is 0 Å². The van der Waals surface area contributed by atoms with Crippen molar-refractivity contribution >= 4 is 21.8 Å². The number of hydrogen-bond acceptors (Lipinski definition) is 4. The van der Waals surface area contributed by atoms with E-state index in [1.807, 2.05) is 60.7 Å². The molecule has 0 radical (unpaired) electrons. The van der Waals surface area contributed by atoms with Gasteiger partial charge >= 0.3 is 0 Å². The van der Waals surface area contributed by atoms with Gasteiger partial charge in [-0.1, -0.05) is 41.6 Å². The van der Waals surface area contributed by atoms with Crippen LogP contribution in [0.4, 0.5) is 0 Å². The predicted octanol–water partition coefficient (Wildman–Crippen LogP) is 3.33. The summed E-state index contributed by atoms with van der Waals surface area (Å²) in [5.41, 5.74) is 3.67. The van der Waals surface area contributed by atoms with Gasteiger partial charge in [-0.25, -0.2) is 4.68 Å². The fraction of sp³-hybridized carbons (Fsp3) is 0.0476. The van der Waals surface area contributed by atoms with Crippen molar-refractivity contribution in [3.8, 4) is 16.9 Å². The third kappa shape index (κ3) is 2.50. The Morgan fingerprint density at radius 2 is 1.70 bits per heavy atom. The SMILES string of the molecule is Cn1c(=O)c(-n2cc(-c3cnc4ccccc4c3)nn2)cc2ccccc21. The van der Waals surface area contributed by atoms with Gasteiger partial charge in [0.05, 0.1) is 17.2 Å². The highest BCUT2D eigenvalue weighted by molar-refractivity contribution is 5.83. The van der Waals surface area contributed by atoms with Gasteiger partial charge in [0.25, 0.3) is 5.56 Å². The van der Waals surface area contributed by atoms with Crippen LogP contribution in [0.3, 0.4) is 0 Å². The molecule has 5 aromatic rings. The summed E-state index contributed by atoms with van der Waals surface area (Å²) in [5, 5.41) is 10.4. The highest BCUT2D eigenvalue weighted by Crippen LogP contribution is 2.21. The molecule has 5 rings (SSSR count). The van der Waals surface area contributed by atoms with E-state index in [2.05, 4.69) is 15.3 Å². The average molecular weight is 353 g/mol. The molecule has 130 valence electrons. The zero-order chi connectivity index (χ0) is 18.4. The van der Waals surface area contributed by atoms with Crippen molar-refractivity contribution in [3.63, 3.8) is 0 Å². The molecule has 0 saturated carbocycles. The number of nitrogens with zero attached hydrogens (tertiary/aromatic N) is 5. The highest BCUT2D eigenvalue weighted by atomic mass is 16.1. The molecule has 0 aliphatic heterocycles. The average Bonchev–Trinajstić information content (AvgIpc) is 3.20. The maximum atomic E-state index is 12.8. The number of rotatable bonds is 2. The standard InChI is InChI=1S/C21H15N5O/c1-25-19-9-5-3-7-15(19)11-20(21(25)27)26-13-18(23-24-26)16-10-14-6-2-4-8-17(14)22-12-16/h2-13H,1H3. The van der Waals surface area contributed by atoms with Crippen molar-refractivity contribution in [1.82, 2.24) is 24.5 Å². The topological polar surface area (TPSA) is 65.6 Å². The molecule has 0 spiro atoms. The fourth-order valence-corrected chi connectivity index (χ4v) is 3.29. The van der Waals surface area contributed by atoms with Crippen LogP contribution in [0.25, 0.3) is 38.8 Å². The molecule has 3 heterocycles. The lowest BCUT2D eigenvalue weighted by molar-refractivity contribution is 0.776. The van der Waals surface area contributed by atoms with Gasteiger partial charge < -0.3 is 4.57 Å². The largest absolute Gasteiger partial charge is 0.309 e. The molecule has 0 atom stereocenters. The van der Waals surface area contributed by atoms with Crippen LogP contribution in [0.2, 0.25) is 0 Å². The number of pyridine rings is 2. The number of aryl methyl sites for hydroxylation is 1. The van der Waals surface area contributed by atoms with E-state index in [1.54, 1.807) is 24.0 Å². The maximum absolute atomic E-state index is 12.8. The summed E-state index contributed by atoms with van der Waals surface area (Å²) in [6.07, 6.45) is 3.53. The molecule has 2 aromatic carbocycles. The van der Waals surface area contributed by atoms with Crippen LogP contribution in [0.5, 0.6) is 0 Å². The van der Waals surface area contributed by atoms with Crippen molar-refractivity contribution in [2.45, 2.75) is 0 Å². The molecule has 0 unspecified atom stereocenters. The normalized spacial score (nSPS) is 11.3. The van der Waals surface area contributed by atoms with Gasteiger partial charge in [0.15, 0.2) is 0 Å². The summed E-state index contributed by atoms with van der Waals surface area (Å²) < 4.78 is 3.16. The molecule has 0 amide bonds. The number of fused-ring (bicyclic) bond motifs is 2. The quantitative estimate of drug-likeness (QED) is 0.488. The molecule has 6 nitrogen and oxygen atoms in total. The molecule has 0 saturated heterocycles. The summed E-state index contributed by atoms with van der Waals surface area (Å²) in [6, 6.07) is 19.5. The van der Waals surface area contributed by atoms with Crippen LogP contribution in [0.1, 0.15) is 0 Å². The van der Waals surface area contributed by atoms with E-state index in [9.17, 15) is 4.79 Å². The van der Waals surface area contributed by atoms with Crippen molar-refractivity contribution in [2.24, 2.45) is 7.05 Å². The van der Waals surface area contributed by atoms with Gasteiger partial charge in [-0.2, -0.15) is 0 Å². The van der Waals surface area contributed by atoms with Crippen LogP contribution in [0.15, 0.2) is 77.9 Å². The molecule has 3 aromatic heterocycles. The highest BCUT2D eigenvalue weighted by Gasteiger charge is 2.12. The second-order valence-electron chi connectivity index (χ2n) is 6.42. The zero-order valence-corrected chi connectivity index (χ0v) is 14.6. The Hall–Kier alpha value is -3.80. The van der Waals surface area contributed by atoms with Crippen molar-refractivity contribution < 1.29 is 0 Å². The molecule has 0 bridgehead atoms. The van der Waals surface area contributed by atoms with Crippen molar-refractivity contribution in [3.05, 3.63) is 83.4 Å². The first-order valence-corrected chi connectivity index (χ1v) is 8.57. The van der Waals surface area contributed by atoms with E-state index in [-0.39, 0.29) is 5.56 Å². The first-order chi connectivity index (χ1) is 13.2. The lowest BCUT2D eigenvalue weighted by Gasteiger charge is -2.07. The minimum atomic E-state index is -0.123. The minimum absolute atomic E-state index is 0.123. The van der Waals surface area contributed by atoms with E-state index in [1.165, 1.54) is 4.68 Å². The first-order valence-electron chi connectivity index (χ1n) is 8.57. The van der Waals surface area contributed by atoms with Gasteiger partial charge in [-0.05, 0) is 24.3 Å². The summed E-state index contributed by atoms with van der Waals surface area (Å²) in [6.45, 7) is 0. The Bertz CT molecular complexity index is 1370. The number of hydrogen-bond donors (Lipinski definition) is 0. The molecule has 6 heteroatoms. The number of aromatic nitrogens is 5. The lowest BCUT2D eigenvalue weighted by Crippen LogP contribution is -2.22. The van der Waals surface area contributed by atoms with Crippen LogP contribution in [-0.2, 0) is 7.05 Å². The summed E-state index contributed by atoms with van der Waals surface area (Å²) >= 11 is 0. The number of para-hydroxylation sites is 2. The first kappa shape index (κ1) is 15.5. The van der Waals surface area contributed by atoms with Crippen LogP contribution in [0, 0.1) is 0 Å². The molecule has 0 N–H and O–H groups in total. The summed E-state index contributed by atoms with van der Waals surface area (Å²) in [4.78, 5) is 17.2. The summed E-state index contributed by atoms with van der Waals surface area (Å²) in [5.74, 6) is 0. The van der Waals surface area contributed by atoms with Gasteiger partial charge in [0, 0.05) is 29.6 Å². The summed E-state index contributed by atoms with van der Waals surface area (Å²) in [7, 11) is 1.76. The van der Waals surface area contributed by atoms with E-state index < -0.39 is 0 Å². The molecule has 0 aliphatic rings. The Morgan fingerprint density at radius 1 is 0.926 bits per heavy atom. The van der Waals surface area contributed by atoms with E-state index >= 15 is 0 Å². The Kier molecular flexibility index (Phi) is 3.36. The second-order valence-corrected chi connectivity index (χ2v) is 6.42. The molecular formula is C21H15N5O. The van der Waals surface area contributed by atoms with Crippen molar-refractivity contribution in [2.75, 3.05) is 0 Å². The molecule has 0 fully saturated rings. The second kappa shape index (κ2) is 5.88. The van der Waals surface area contributed by atoms with Gasteiger partial charge in [-0.15, -0.1) is 5.10 Å². The Balaban J connectivity index is 1.64. The fourth-order valence-electron chi connectivity index (χ4n) is 3.29. The number of benzene rings is 2. The lowest BCUT2D eigenvalue weighted by atomic mass is 10.1.